The Labute approximate surface area is 108 Å². The Kier molecular flexibility index (Phi) is 3.24. The van der Waals surface area contributed by atoms with Gasteiger partial charge in [-0.2, -0.15) is 13.2 Å². The summed E-state index contributed by atoms with van der Waals surface area (Å²) in [6.45, 7) is 2.27. The first-order valence-electron chi connectivity index (χ1n) is 5.86. The van der Waals surface area contributed by atoms with Gasteiger partial charge in [-0.25, -0.2) is 4.39 Å². The van der Waals surface area contributed by atoms with E-state index in [2.05, 4.69) is 0 Å². The van der Waals surface area contributed by atoms with Gasteiger partial charge < -0.3 is 9.84 Å². The molecule has 1 aromatic rings. The van der Waals surface area contributed by atoms with Crippen molar-refractivity contribution in [1.82, 2.24) is 0 Å². The van der Waals surface area contributed by atoms with E-state index in [4.69, 9.17) is 4.74 Å². The molecule has 3 unspecified atom stereocenters. The molecule has 1 fully saturated rings. The molecule has 1 heterocycles. The Morgan fingerprint density at radius 1 is 1.37 bits per heavy atom. The Balaban J connectivity index is 2.35. The van der Waals surface area contributed by atoms with Gasteiger partial charge in [-0.1, -0.05) is 13.0 Å². The van der Waals surface area contributed by atoms with Gasteiger partial charge >= 0.3 is 6.18 Å². The van der Waals surface area contributed by atoms with E-state index in [1.165, 1.54) is 13.0 Å². The molecule has 106 valence electrons. The van der Waals surface area contributed by atoms with Crippen molar-refractivity contribution >= 4 is 0 Å². The van der Waals surface area contributed by atoms with E-state index in [0.717, 1.165) is 19.1 Å². The zero-order chi connectivity index (χ0) is 14.4. The van der Waals surface area contributed by atoms with Crippen LogP contribution in [0, 0.1) is 11.7 Å². The van der Waals surface area contributed by atoms with Crippen molar-refractivity contribution in [3.8, 4) is 5.75 Å². The fraction of sp³-hybridized carbons (Fsp3) is 0.538. The van der Waals surface area contributed by atoms with Crippen molar-refractivity contribution in [3.05, 3.63) is 29.6 Å². The summed E-state index contributed by atoms with van der Waals surface area (Å²) in [6.07, 6.45) is -4.49. The maximum absolute atomic E-state index is 13.0. The van der Waals surface area contributed by atoms with Crippen LogP contribution in [0.5, 0.6) is 5.75 Å². The van der Waals surface area contributed by atoms with E-state index in [-0.39, 0.29) is 17.9 Å². The highest BCUT2D eigenvalue weighted by Crippen LogP contribution is 2.51. The van der Waals surface area contributed by atoms with Crippen LogP contribution < -0.4 is 0 Å². The molecule has 0 saturated carbocycles. The normalized spacial score (nSPS) is 31.7. The number of hydrogen-bond donors (Lipinski definition) is 1. The molecule has 1 aromatic carbocycles. The minimum Gasteiger partial charge on any atom is -0.508 e. The number of halogens is 4. The number of ether oxygens (including phenoxy) is 1. The fourth-order valence-electron chi connectivity index (χ4n) is 2.45. The number of rotatable bonds is 1. The molecule has 0 aliphatic carbocycles. The Bertz CT molecular complexity index is 486. The second-order valence-electron chi connectivity index (χ2n) is 5.01. The zero-order valence-corrected chi connectivity index (χ0v) is 10.5. The summed E-state index contributed by atoms with van der Waals surface area (Å²) in [7, 11) is 0. The van der Waals surface area contributed by atoms with Gasteiger partial charge in [0.1, 0.15) is 11.6 Å². The van der Waals surface area contributed by atoms with E-state index in [1.807, 2.05) is 0 Å². The number of phenolic OH excluding ortho intramolecular Hbond substituents is 1. The van der Waals surface area contributed by atoms with Gasteiger partial charge in [0.25, 0.3) is 0 Å². The molecule has 1 N–H and O–H groups in total. The molecule has 1 aliphatic rings. The Hall–Kier alpha value is -1.30. The lowest BCUT2D eigenvalue weighted by molar-refractivity contribution is -0.266. The van der Waals surface area contributed by atoms with Crippen molar-refractivity contribution in [2.24, 2.45) is 5.92 Å². The van der Waals surface area contributed by atoms with E-state index in [9.17, 15) is 22.7 Å². The van der Waals surface area contributed by atoms with Crippen LogP contribution in [0.25, 0.3) is 0 Å². The molecule has 0 radical (unpaired) electrons. The molecule has 0 amide bonds. The van der Waals surface area contributed by atoms with Gasteiger partial charge in [0.2, 0.25) is 0 Å². The minimum atomic E-state index is -4.49. The first-order chi connectivity index (χ1) is 8.67. The lowest BCUT2D eigenvalue weighted by atomic mass is 9.79. The molecule has 0 bridgehead atoms. The maximum atomic E-state index is 13.0. The minimum absolute atomic E-state index is 0.156. The van der Waals surface area contributed by atoms with Crippen LogP contribution in [0.3, 0.4) is 0 Å². The zero-order valence-electron chi connectivity index (χ0n) is 10.5. The molecule has 1 saturated heterocycles. The van der Waals surface area contributed by atoms with Crippen LogP contribution in [0.4, 0.5) is 17.6 Å². The molecule has 19 heavy (non-hydrogen) atoms. The van der Waals surface area contributed by atoms with Crippen molar-refractivity contribution in [1.29, 1.82) is 0 Å². The highest BCUT2D eigenvalue weighted by Gasteiger charge is 2.61. The van der Waals surface area contributed by atoms with Crippen LogP contribution in [0.1, 0.15) is 25.3 Å². The molecule has 3 atom stereocenters. The van der Waals surface area contributed by atoms with Gasteiger partial charge in [-0.15, -0.1) is 0 Å². The second kappa shape index (κ2) is 4.37. The van der Waals surface area contributed by atoms with Crippen LogP contribution in [-0.2, 0) is 4.74 Å². The highest BCUT2D eigenvalue weighted by molar-refractivity contribution is 5.37. The Morgan fingerprint density at radius 2 is 2.00 bits per heavy atom. The second-order valence-corrected chi connectivity index (χ2v) is 5.01. The number of benzene rings is 1. The molecule has 0 spiro atoms. The van der Waals surface area contributed by atoms with E-state index >= 15 is 0 Å². The average molecular weight is 278 g/mol. The summed E-state index contributed by atoms with van der Waals surface area (Å²) in [5.41, 5.74) is -1.97. The number of aromatic hydroxyl groups is 1. The van der Waals surface area contributed by atoms with Crippen LogP contribution >= 0.6 is 0 Å². The number of alkyl halides is 3. The third-order valence-corrected chi connectivity index (χ3v) is 3.99. The summed E-state index contributed by atoms with van der Waals surface area (Å²) >= 11 is 0. The molecular weight excluding hydrogens is 264 g/mol. The van der Waals surface area contributed by atoms with E-state index in [0.29, 0.717) is 0 Å². The summed E-state index contributed by atoms with van der Waals surface area (Å²) in [6, 6.07) is 3.31. The lowest BCUT2D eigenvalue weighted by Gasteiger charge is -2.32. The number of hydrogen-bond acceptors (Lipinski definition) is 2. The fourth-order valence-corrected chi connectivity index (χ4v) is 2.45. The van der Waals surface area contributed by atoms with Crippen molar-refractivity contribution in [2.75, 3.05) is 6.61 Å². The van der Waals surface area contributed by atoms with E-state index in [1.54, 1.807) is 0 Å². The average Bonchev–Trinajstić information content (AvgIpc) is 2.57. The van der Waals surface area contributed by atoms with Gasteiger partial charge in [0.15, 0.2) is 5.60 Å². The van der Waals surface area contributed by atoms with Gasteiger partial charge in [0, 0.05) is 17.9 Å². The molecule has 2 nitrogen and oxygen atoms in total. The third kappa shape index (κ3) is 2.18. The highest BCUT2D eigenvalue weighted by atomic mass is 19.4. The number of phenols is 1. The SMILES string of the molecule is CC1C(c2ccc(F)cc2O)COC1(C)C(F)(F)F. The van der Waals surface area contributed by atoms with Crippen molar-refractivity contribution in [2.45, 2.75) is 31.5 Å². The standard InChI is InChI=1S/C13H14F4O2/c1-7-10(6-19-12(7,2)13(15,16)17)9-4-3-8(14)5-11(9)18/h3-5,7,10,18H,6H2,1-2H3. The Morgan fingerprint density at radius 3 is 2.47 bits per heavy atom. The summed E-state index contributed by atoms with van der Waals surface area (Å²) in [4.78, 5) is 0. The van der Waals surface area contributed by atoms with Crippen LogP contribution in [0.15, 0.2) is 18.2 Å². The third-order valence-electron chi connectivity index (χ3n) is 3.99. The largest absolute Gasteiger partial charge is 0.508 e. The van der Waals surface area contributed by atoms with Crippen LogP contribution in [0.2, 0.25) is 0 Å². The monoisotopic (exact) mass is 278 g/mol. The maximum Gasteiger partial charge on any atom is 0.417 e. The molecule has 1 aliphatic heterocycles. The van der Waals surface area contributed by atoms with Crippen LogP contribution in [-0.4, -0.2) is 23.5 Å². The summed E-state index contributed by atoms with van der Waals surface area (Å²) in [5.74, 6) is -2.46. The first-order valence-corrected chi connectivity index (χ1v) is 5.86. The van der Waals surface area contributed by atoms with Crippen molar-refractivity contribution in [3.63, 3.8) is 0 Å². The van der Waals surface area contributed by atoms with Gasteiger partial charge in [-0.05, 0) is 18.6 Å². The van der Waals surface area contributed by atoms with Gasteiger partial charge in [-0.3, -0.25) is 0 Å². The summed E-state index contributed by atoms with van der Waals surface area (Å²) in [5, 5.41) is 9.67. The predicted octanol–water partition coefficient (Wildman–Crippen LogP) is 3.60. The lowest BCUT2D eigenvalue weighted by Crippen LogP contribution is -2.46. The van der Waals surface area contributed by atoms with Crippen molar-refractivity contribution < 1.29 is 27.4 Å². The quantitative estimate of drug-likeness (QED) is 0.795. The predicted molar refractivity (Wildman–Crippen MR) is 60.4 cm³/mol. The topological polar surface area (TPSA) is 29.5 Å². The molecule has 6 heteroatoms. The molecule has 2 rings (SSSR count). The summed E-state index contributed by atoms with van der Waals surface area (Å²) < 4.78 is 56.8. The molecular formula is C13H14F4O2. The smallest absolute Gasteiger partial charge is 0.417 e. The van der Waals surface area contributed by atoms with Gasteiger partial charge in [0.05, 0.1) is 6.61 Å². The first kappa shape index (κ1) is 14.1. The molecule has 0 aromatic heterocycles. The van der Waals surface area contributed by atoms with E-state index < -0.39 is 29.4 Å².